The second-order valence-electron chi connectivity index (χ2n) is 4.33. The molecule has 0 fully saturated rings. The van der Waals surface area contributed by atoms with E-state index in [0.29, 0.717) is 17.1 Å². The number of anilines is 1. The Bertz CT molecular complexity index is 630. The van der Waals surface area contributed by atoms with Crippen molar-refractivity contribution in [1.82, 2.24) is 4.98 Å². The van der Waals surface area contributed by atoms with E-state index in [-0.39, 0.29) is 5.84 Å². The molecular weight excluding hydrogens is 276 g/mol. The predicted octanol–water partition coefficient (Wildman–Crippen LogP) is 2.47. The van der Waals surface area contributed by atoms with Gasteiger partial charge in [0.2, 0.25) is 0 Å². The van der Waals surface area contributed by atoms with Crippen molar-refractivity contribution < 1.29 is 5.21 Å². The number of hydrogen-bond donors (Lipinski definition) is 2. The van der Waals surface area contributed by atoms with Crippen molar-refractivity contribution in [3.63, 3.8) is 0 Å². The Labute approximate surface area is 122 Å². The maximum Gasteiger partial charge on any atom is 0.172 e. The largest absolute Gasteiger partial charge is 0.409 e. The van der Waals surface area contributed by atoms with Crippen LogP contribution in [0.4, 0.5) is 5.69 Å². The SMILES string of the molecule is CN(Cc1ccncc1Cl)c1ccccc1/C(N)=N/O. The van der Waals surface area contributed by atoms with Crippen LogP contribution in [0.5, 0.6) is 0 Å². The fraction of sp³-hybridized carbons (Fsp3) is 0.143. The zero-order valence-electron chi connectivity index (χ0n) is 11.0. The van der Waals surface area contributed by atoms with Crippen LogP contribution in [0.25, 0.3) is 0 Å². The van der Waals surface area contributed by atoms with Gasteiger partial charge in [0.1, 0.15) is 0 Å². The average Bonchev–Trinajstić information content (AvgIpc) is 2.48. The van der Waals surface area contributed by atoms with Crippen molar-refractivity contribution in [2.75, 3.05) is 11.9 Å². The minimum absolute atomic E-state index is 0.0771. The number of halogens is 1. The third-order valence-corrected chi connectivity index (χ3v) is 3.30. The van der Waals surface area contributed by atoms with Crippen molar-refractivity contribution in [3.8, 4) is 0 Å². The predicted molar refractivity (Wildman–Crippen MR) is 80.3 cm³/mol. The van der Waals surface area contributed by atoms with Gasteiger partial charge in [-0.05, 0) is 23.8 Å². The first-order chi connectivity index (χ1) is 9.63. The van der Waals surface area contributed by atoms with Crippen molar-refractivity contribution in [2.24, 2.45) is 10.9 Å². The molecule has 0 saturated carbocycles. The van der Waals surface area contributed by atoms with Gasteiger partial charge in [0, 0.05) is 37.2 Å². The Kier molecular flexibility index (Phi) is 4.42. The number of nitrogens with zero attached hydrogens (tertiary/aromatic N) is 3. The monoisotopic (exact) mass is 290 g/mol. The van der Waals surface area contributed by atoms with Crippen molar-refractivity contribution in [2.45, 2.75) is 6.54 Å². The van der Waals surface area contributed by atoms with Crippen LogP contribution in [0.1, 0.15) is 11.1 Å². The summed E-state index contributed by atoms with van der Waals surface area (Å²) in [6.45, 7) is 0.594. The molecule has 0 aliphatic rings. The molecule has 0 aliphatic carbocycles. The summed E-state index contributed by atoms with van der Waals surface area (Å²) in [6, 6.07) is 9.31. The number of benzene rings is 1. The lowest BCUT2D eigenvalue weighted by molar-refractivity contribution is 0.318. The number of pyridine rings is 1. The number of para-hydroxylation sites is 1. The van der Waals surface area contributed by atoms with Gasteiger partial charge in [-0.2, -0.15) is 0 Å². The van der Waals surface area contributed by atoms with Gasteiger partial charge in [-0.1, -0.05) is 28.9 Å². The molecule has 0 bridgehead atoms. The summed E-state index contributed by atoms with van der Waals surface area (Å²) in [5.74, 6) is 0.0771. The summed E-state index contributed by atoms with van der Waals surface area (Å²) >= 11 is 6.11. The molecule has 20 heavy (non-hydrogen) atoms. The lowest BCUT2D eigenvalue weighted by Crippen LogP contribution is -2.22. The lowest BCUT2D eigenvalue weighted by Gasteiger charge is -2.22. The maximum absolute atomic E-state index is 8.84. The molecule has 0 unspecified atom stereocenters. The zero-order chi connectivity index (χ0) is 14.5. The maximum atomic E-state index is 8.84. The first kappa shape index (κ1) is 14.1. The van der Waals surface area contributed by atoms with Gasteiger partial charge in [-0.3, -0.25) is 4.98 Å². The third kappa shape index (κ3) is 3.00. The van der Waals surface area contributed by atoms with Crippen LogP contribution < -0.4 is 10.6 Å². The Morgan fingerprint density at radius 2 is 2.15 bits per heavy atom. The van der Waals surface area contributed by atoms with Crippen LogP contribution in [-0.2, 0) is 6.54 Å². The molecule has 1 aromatic carbocycles. The Morgan fingerprint density at radius 3 is 2.85 bits per heavy atom. The normalized spacial score (nSPS) is 11.4. The Hall–Kier alpha value is -2.27. The van der Waals surface area contributed by atoms with E-state index in [1.807, 2.05) is 36.2 Å². The Balaban J connectivity index is 2.30. The first-order valence-corrected chi connectivity index (χ1v) is 6.37. The summed E-state index contributed by atoms with van der Waals surface area (Å²) in [5.41, 5.74) is 8.18. The van der Waals surface area contributed by atoms with Gasteiger partial charge < -0.3 is 15.8 Å². The molecular formula is C14H15ClN4O. The van der Waals surface area contributed by atoms with E-state index in [4.69, 9.17) is 22.5 Å². The summed E-state index contributed by atoms with van der Waals surface area (Å²) in [4.78, 5) is 5.94. The number of hydrogen-bond acceptors (Lipinski definition) is 4. The van der Waals surface area contributed by atoms with E-state index < -0.39 is 0 Å². The number of rotatable bonds is 4. The zero-order valence-corrected chi connectivity index (χ0v) is 11.7. The molecule has 1 aromatic heterocycles. The molecule has 0 radical (unpaired) electrons. The summed E-state index contributed by atoms with van der Waals surface area (Å²) in [7, 11) is 1.92. The number of oxime groups is 1. The van der Waals surface area contributed by atoms with Crippen LogP contribution in [0.2, 0.25) is 5.02 Å². The fourth-order valence-electron chi connectivity index (χ4n) is 1.95. The molecule has 0 spiro atoms. The Morgan fingerprint density at radius 1 is 1.40 bits per heavy atom. The molecule has 5 nitrogen and oxygen atoms in total. The second kappa shape index (κ2) is 6.25. The second-order valence-corrected chi connectivity index (χ2v) is 4.73. The molecule has 3 N–H and O–H groups in total. The molecule has 2 rings (SSSR count). The molecule has 0 atom stereocenters. The van der Waals surface area contributed by atoms with E-state index in [1.54, 1.807) is 18.5 Å². The smallest absolute Gasteiger partial charge is 0.172 e. The van der Waals surface area contributed by atoms with E-state index >= 15 is 0 Å². The number of aromatic nitrogens is 1. The molecule has 104 valence electrons. The highest BCUT2D eigenvalue weighted by Crippen LogP contribution is 2.23. The number of nitrogens with two attached hydrogens (primary N) is 1. The first-order valence-electron chi connectivity index (χ1n) is 6.00. The van der Waals surface area contributed by atoms with Gasteiger partial charge in [0.05, 0.1) is 5.02 Å². The van der Waals surface area contributed by atoms with E-state index in [0.717, 1.165) is 11.3 Å². The highest BCUT2D eigenvalue weighted by atomic mass is 35.5. The van der Waals surface area contributed by atoms with Gasteiger partial charge in [-0.15, -0.1) is 0 Å². The highest BCUT2D eigenvalue weighted by Gasteiger charge is 2.12. The van der Waals surface area contributed by atoms with Crippen molar-refractivity contribution in [1.29, 1.82) is 0 Å². The summed E-state index contributed by atoms with van der Waals surface area (Å²) in [6.07, 6.45) is 3.31. The molecule has 6 heteroatoms. The van der Waals surface area contributed by atoms with E-state index in [2.05, 4.69) is 10.1 Å². The standard InChI is InChI=1S/C14H15ClN4O/c1-19(9-10-6-7-17-8-12(10)15)13-5-3-2-4-11(13)14(16)18-20/h2-8,20H,9H2,1H3,(H2,16,18). The van der Waals surface area contributed by atoms with Gasteiger partial charge in [0.15, 0.2) is 5.84 Å². The van der Waals surface area contributed by atoms with Crippen LogP contribution >= 0.6 is 11.6 Å². The quantitative estimate of drug-likeness (QED) is 0.393. The van der Waals surface area contributed by atoms with Gasteiger partial charge in [0.25, 0.3) is 0 Å². The molecule has 0 saturated heterocycles. The molecule has 0 amide bonds. The van der Waals surface area contributed by atoms with Gasteiger partial charge >= 0.3 is 0 Å². The fourth-order valence-corrected chi connectivity index (χ4v) is 2.13. The van der Waals surface area contributed by atoms with Crippen LogP contribution in [-0.4, -0.2) is 23.1 Å². The summed E-state index contributed by atoms with van der Waals surface area (Å²) in [5, 5.41) is 12.5. The average molecular weight is 291 g/mol. The lowest BCUT2D eigenvalue weighted by atomic mass is 10.1. The van der Waals surface area contributed by atoms with E-state index in [9.17, 15) is 0 Å². The van der Waals surface area contributed by atoms with Crippen molar-refractivity contribution in [3.05, 3.63) is 58.9 Å². The van der Waals surface area contributed by atoms with Crippen LogP contribution in [0.15, 0.2) is 47.9 Å². The highest BCUT2D eigenvalue weighted by molar-refractivity contribution is 6.31. The minimum Gasteiger partial charge on any atom is -0.409 e. The molecule has 0 aliphatic heterocycles. The molecule has 2 aromatic rings. The van der Waals surface area contributed by atoms with Crippen molar-refractivity contribution >= 4 is 23.1 Å². The van der Waals surface area contributed by atoms with E-state index in [1.165, 1.54) is 0 Å². The minimum atomic E-state index is 0.0771. The van der Waals surface area contributed by atoms with Crippen LogP contribution in [0, 0.1) is 0 Å². The molecule has 1 heterocycles. The third-order valence-electron chi connectivity index (χ3n) is 2.96. The number of amidine groups is 1. The summed E-state index contributed by atoms with van der Waals surface area (Å²) < 4.78 is 0. The topological polar surface area (TPSA) is 74.7 Å². The van der Waals surface area contributed by atoms with Crippen LogP contribution in [0.3, 0.4) is 0 Å². The van der Waals surface area contributed by atoms with Gasteiger partial charge in [-0.25, -0.2) is 0 Å².